The molecule has 0 fully saturated rings. The lowest BCUT2D eigenvalue weighted by Crippen LogP contribution is -2.37. The number of hydrogen-bond donors (Lipinski definition) is 1. The Bertz CT molecular complexity index is 403. The van der Waals surface area contributed by atoms with Crippen molar-refractivity contribution < 1.29 is 4.39 Å². The molecule has 0 saturated carbocycles. The van der Waals surface area contributed by atoms with E-state index in [0.29, 0.717) is 11.5 Å². The summed E-state index contributed by atoms with van der Waals surface area (Å²) in [6.07, 6.45) is 0. The fourth-order valence-electron chi connectivity index (χ4n) is 1.48. The van der Waals surface area contributed by atoms with E-state index in [-0.39, 0.29) is 12.4 Å². The van der Waals surface area contributed by atoms with Gasteiger partial charge in [-0.15, -0.1) is 0 Å². The first-order valence-electron chi connectivity index (χ1n) is 5.57. The third kappa shape index (κ3) is 4.00. The normalized spacial score (nSPS) is 11.6. The molecule has 0 aliphatic rings. The summed E-state index contributed by atoms with van der Waals surface area (Å²) in [6.45, 7) is 5.87. The highest BCUT2D eigenvalue weighted by molar-refractivity contribution is 9.10. The number of benzene rings is 1. The highest BCUT2D eigenvalue weighted by atomic mass is 79.9. The fourth-order valence-corrected chi connectivity index (χ4v) is 1.89. The van der Waals surface area contributed by atoms with Gasteiger partial charge >= 0.3 is 0 Å². The van der Waals surface area contributed by atoms with Gasteiger partial charge in [-0.05, 0) is 32.0 Å². The first-order valence-corrected chi connectivity index (χ1v) is 6.36. The molecule has 17 heavy (non-hydrogen) atoms. The quantitative estimate of drug-likeness (QED) is 0.686. The van der Waals surface area contributed by atoms with Crippen LogP contribution in [0.25, 0.3) is 0 Å². The highest BCUT2D eigenvalue weighted by Gasteiger charge is 2.05. The van der Waals surface area contributed by atoms with E-state index in [9.17, 15) is 4.39 Å². The number of aliphatic imine (C=N–C) groups is 1. The van der Waals surface area contributed by atoms with E-state index in [1.54, 1.807) is 12.1 Å². The van der Waals surface area contributed by atoms with Crippen LogP contribution < -0.4 is 5.73 Å². The largest absolute Gasteiger partial charge is 0.370 e. The molecule has 2 N–H and O–H groups in total. The monoisotopic (exact) mass is 301 g/mol. The van der Waals surface area contributed by atoms with Crippen molar-refractivity contribution >= 4 is 21.9 Å². The van der Waals surface area contributed by atoms with Crippen LogP contribution in [-0.4, -0.2) is 23.9 Å². The van der Waals surface area contributed by atoms with Gasteiger partial charge in [0.25, 0.3) is 0 Å². The molecular formula is C12H17BrFN3. The Morgan fingerprint density at radius 2 is 2.06 bits per heavy atom. The Kier molecular flexibility index (Phi) is 5.41. The Hall–Kier alpha value is -1.10. The number of hydrogen-bond acceptors (Lipinski definition) is 1. The summed E-state index contributed by atoms with van der Waals surface area (Å²) in [5, 5.41) is 0. The first-order chi connectivity index (χ1) is 8.08. The molecule has 0 spiro atoms. The molecular weight excluding hydrogens is 285 g/mol. The van der Waals surface area contributed by atoms with Crippen LogP contribution in [0.5, 0.6) is 0 Å². The molecule has 5 heteroatoms. The molecule has 0 atom stereocenters. The average molecular weight is 302 g/mol. The van der Waals surface area contributed by atoms with Gasteiger partial charge in [0, 0.05) is 23.1 Å². The van der Waals surface area contributed by atoms with Crippen LogP contribution in [0.2, 0.25) is 0 Å². The first kappa shape index (κ1) is 14.0. The van der Waals surface area contributed by atoms with E-state index in [0.717, 1.165) is 17.6 Å². The van der Waals surface area contributed by atoms with Crippen LogP contribution in [0.3, 0.4) is 0 Å². The molecule has 0 aliphatic carbocycles. The predicted octanol–water partition coefficient (Wildman–Crippen LogP) is 2.74. The SMILES string of the molecule is CCN(CC)C(N)=NCc1cc(Br)ccc1F. The molecule has 0 unspecified atom stereocenters. The minimum atomic E-state index is -0.260. The minimum Gasteiger partial charge on any atom is -0.370 e. The summed E-state index contributed by atoms with van der Waals surface area (Å²) < 4.78 is 14.3. The second kappa shape index (κ2) is 6.59. The molecule has 0 aromatic heterocycles. The standard InChI is InChI=1S/C12H17BrFN3/c1-3-17(4-2)12(15)16-8-9-7-10(13)5-6-11(9)14/h5-7H,3-4,8H2,1-2H3,(H2,15,16). The molecule has 0 bridgehead atoms. The Morgan fingerprint density at radius 1 is 1.41 bits per heavy atom. The van der Waals surface area contributed by atoms with Crippen LogP contribution in [0.1, 0.15) is 19.4 Å². The van der Waals surface area contributed by atoms with E-state index < -0.39 is 0 Å². The van der Waals surface area contributed by atoms with Crippen molar-refractivity contribution in [1.82, 2.24) is 4.90 Å². The lowest BCUT2D eigenvalue weighted by Gasteiger charge is -2.19. The van der Waals surface area contributed by atoms with Crippen molar-refractivity contribution in [3.8, 4) is 0 Å². The molecule has 0 saturated heterocycles. The van der Waals surface area contributed by atoms with Crippen LogP contribution in [-0.2, 0) is 6.54 Å². The molecule has 94 valence electrons. The zero-order valence-corrected chi connectivity index (χ0v) is 11.7. The van der Waals surface area contributed by atoms with Gasteiger partial charge in [0.05, 0.1) is 6.54 Å². The van der Waals surface area contributed by atoms with E-state index in [4.69, 9.17) is 5.73 Å². The van der Waals surface area contributed by atoms with Gasteiger partial charge in [0.15, 0.2) is 5.96 Å². The van der Waals surface area contributed by atoms with E-state index >= 15 is 0 Å². The van der Waals surface area contributed by atoms with Crippen LogP contribution in [0, 0.1) is 5.82 Å². The number of guanidine groups is 1. The zero-order chi connectivity index (χ0) is 12.8. The van der Waals surface area contributed by atoms with Crippen molar-refractivity contribution in [2.45, 2.75) is 20.4 Å². The maximum absolute atomic E-state index is 13.4. The third-order valence-corrected chi connectivity index (χ3v) is 3.00. The average Bonchev–Trinajstić information content (AvgIpc) is 2.32. The van der Waals surface area contributed by atoms with Gasteiger partial charge in [0.2, 0.25) is 0 Å². The highest BCUT2D eigenvalue weighted by Crippen LogP contribution is 2.16. The van der Waals surface area contributed by atoms with Crippen molar-refractivity contribution in [2.75, 3.05) is 13.1 Å². The van der Waals surface area contributed by atoms with Crippen molar-refractivity contribution in [3.63, 3.8) is 0 Å². The maximum atomic E-state index is 13.4. The van der Waals surface area contributed by atoms with Crippen LogP contribution in [0.4, 0.5) is 4.39 Å². The summed E-state index contributed by atoms with van der Waals surface area (Å²) in [6, 6.07) is 4.80. The summed E-state index contributed by atoms with van der Waals surface area (Å²) >= 11 is 3.30. The van der Waals surface area contributed by atoms with Gasteiger partial charge in [-0.3, -0.25) is 0 Å². The second-order valence-electron chi connectivity index (χ2n) is 3.58. The van der Waals surface area contributed by atoms with Crippen molar-refractivity contribution in [2.24, 2.45) is 10.7 Å². The lowest BCUT2D eigenvalue weighted by atomic mass is 10.2. The van der Waals surface area contributed by atoms with E-state index in [1.807, 2.05) is 18.7 Å². The minimum absolute atomic E-state index is 0.258. The predicted molar refractivity (Wildman–Crippen MR) is 72.3 cm³/mol. The molecule has 1 aromatic rings. The Morgan fingerprint density at radius 3 is 2.65 bits per heavy atom. The summed E-state index contributed by atoms with van der Waals surface area (Å²) in [5.41, 5.74) is 6.35. The lowest BCUT2D eigenvalue weighted by molar-refractivity contribution is 0.458. The van der Waals surface area contributed by atoms with Gasteiger partial charge in [-0.1, -0.05) is 15.9 Å². The molecule has 0 aliphatic heterocycles. The summed E-state index contributed by atoms with van der Waals surface area (Å²) in [4.78, 5) is 6.12. The topological polar surface area (TPSA) is 41.6 Å². The molecule has 3 nitrogen and oxygen atoms in total. The molecule has 0 heterocycles. The smallest absolute Gasteiger partial charge is 0.191 e. The van der Waals surface area contributed by atoms with E-state index in [1.165, 1.54) is 6.07 Å². The Labute approximate surface area is 110 Å². The van der Waals surface area contributed by atoms with Crippen molar-refractivity contribution in [3.05, 3.63) is 34.1 Å². The number of nitrogens with zero attached hydrogens (tertiary/aromatic N) is 2. The van der Waals surface area contributed by atoms with Crippen molar-refractivity contribution in [1.29, 1.82) is 0 Å². The number of halogens is 2. The van der Waals surface area contributed by atoms with E-state index in [2.05, 4.69) is 20.9 Å². The third-order valence-electron chi connectivity index (χ3n) is 2.51. The maximum Gasteiger partial charge on any atom is 0.191 e. The Balaban J connectivity index is 2.78. The van der Waals surface area contributed by atoms with Gasteiger partial charge < -0.3 is 10.6 Å². The fraction of sp³-hybridized carbons (Fsp3) is 0.417. The molecule has 0 amide bonds. The van der Waals surface area contributed by atoms with Gasteiger partial charge in [-0.25, -0.2) is 9.38 Å². The van der Waals surface area contributed by atoms with Crippen LogP contribution >= 0.6 is 15.9 Å². The summed E-state index contributed by atoms with van der Waals surface area (Å²) in [7, 11) is 0. The van der Waals surface area contributed by atoms with Crippen LogP contribution in [0.15, 0.2) is 27.7 Å². The molecule has 0 radical (unpaired) electrons. The number of rotatable bonds is 4. The number of nitrogens with two attached hydrogens (primary N) is 1. The summed E-state index contributed by atoms with van der Waals surface area (Å²) in [5.74, 6) is 0.193. The molecule has 1 rings (SSSR count). The van der Waals surface area contributed by atoms with Gasteiger partial charge in [-0.2, -0.15) is 0 Å². The molecule has 1 aromatic carbocycles. The van der Waals surface area contributed by atoms with Gasteiger partial charge in [0.1, 0.15) is 5.82 Å². The second-order valence-corrected chi connectivity index (χ2v) is 4.50. The zero-order valence-electron chi connectivity index (χ0n) is 10.1.